The number of carbonyl (C=O) groups is 2. The lowest BCUT2D eigenvalue weighted by Crippen LogP contribution is -2.16. The monoisotopic (exact) mass is 246 g/mol. The van der Waals surface area contributed by atoms with Crippen LogP contribution in [0.15, 0.2) is 11.8 Å². The molecular formula is C11H18O6. The molecule has 0 aliphatic rings. The lowest BCUT2D eigenvalue weighted by Gasteiger charge is -2.10. The lowest BCUT2D eigenvalue weighted by molar-refractivity contribution is -0.150. The third-order valence-electron chi connectivity index (χ3n) is 1.57. The van der Waals surface area contributed by atoms with E-state index < -0.39 is 18.0 Å². The van der Waals surface area contributed by atoms with E-state index in [0.717, 1.165) is 0 Å². The van der Waals surface area contributed by atoms with Gasteiger partial charge < -0.3 is 18.9 Å². The van der Waals surface area contributed by atoms with Crippen molar-refractivity contribution in [3.8, 4) is 0 Å². The fraction of sp³-hybridized carbons (Fsp3) is 0.636. The zero-order valence-electron chi connectivity index (χ0n) is 10.5. The Hall–Kier alpha value is -1.40. The quantitative estimate of drug-likeness (QED) is 0.289. The van der Waals surface area contributed by atoms with Crippen molar-refractivity contribution in [2.24, 2.45) is 0 Å². The van der Waals surface area contributed by atoms with Crippen molar-refractivity contribution < 1.29 is 28.5 Å². The van der Waals surface area contributed by atoms with Crippen LogP contribution in [0.25, 0.3) is 0 Å². The van der Waals surface area contributed by atoms with E-state index in [-0.39, 0.29) is 19.2 Å². The van der Waals surface area contributed by atoms with Crippen LogP contribution in [0.2, 0.25) is 0 Å². The third kappa shape index (κ3) is 7.48. The van der Waals surface area contributed by atoms with Crippen molar-refractivity contribution in [1.29, 1.82) is 0 Å². The van der Waals surface area contributed by atoms with Gasteiger partial charge in [0.2, 0.25) is 5.76 Å². The van der Waals surface area contributed by atoms with Gasteiger partial charge in [0.1, 0.15) is 6.79 Å². The Morgan fingerprint density at radius 3 is 2.47 bits per heavy atom. The van der Waals surface area contributed by atoms with E-state index >= 15 is 0 Å². The highest BCUT2D eigenvalue weighted by Crippen LogP contribution is 2.06. The molecule has 0 aromatic carbocycles. The molecule has 0 spiro atoms. The number of rotatable bonds is 7. The Labute approximate surface area is 100 Å². The smallest absolute Gasteiger partial charge is 0.374 e. The highest BCUT2D eigenvalue weighted by Gasteiger charge is 2.16. The third-order valence-corrected chi connectivity index (χ3v) is 1.57. The molecule has 0 saturated carbocycles. The van der Waals surface area contributed by atoms with Gasteiger partial charge in [0.05, 0.1) is 12.7 Å². The van der Waals surface area contributed by atoms with Gasteiger partial charge in [-0.15, -0.1) is 0 Å². The molecule has 0 rings (SSSR count). The Morgan fingerprint density at radius 2 is 2.00 bits per heavy atom. The van der Waals surface area contributed by atoms with Gasteiger partial charge in [-0.25, -0.2) is 4.79 Å². The second-order valence-electron chi connectivity index (χ2n) is 3.12. The summed E-state index contributed by atoms with van der Waals surface area (Å²) in [6.45, 7) is 4.82. The molecule has 0 radical (unpaired) electrons. The molecule has 0 aromatic rings. The summed E-state index contributed by atoms with van der Waals surface area (Å²) < 4.78 is 19.3. The molecule has 6 heteroatoms. The van der Waals surface area contributed by atoms with E-state index in [1.54, 1.807) is 13.8 Å². The largest absolute Gasteiger partial charge is 0.460 e. The summed E-state index contributed by atoms with van der Waals surface area (Å²) in [5, 5.41) is 0. The average molecular weight is 246 g/mol. The van der Waals surface area contributed by atoms with Gasteiger partial charge in [0.25, 0.3) is 0 Å². The number of hydrogen-bond donors (Lipinski definition) is 0. The van der Waals surface area contributed by atoms with Gasteiger partial charge in [-0.05, 0) is 19.9 Å². The number of esters is 2. The van der Waals surface area contributed by atoms with Gasteiger partial charge in [-0.3, -0.25) is 4.79 Å². The Morgan fingerprint density at radius 1 is 1.35 bits per heavy atom. The summed E-state index contributed by atoms with van der Waals surface area (Å²) in [5.41, 5.74) is 0. The van der Waals surface area contributed by atoms with Gasteiger partial charge in [-0.1, -0.05) is 0 Å². The molecule has 0 aliphatic heterocycles. The predicted molar refractivity (Wildman–Crippen MR) is 58.9 cm³/mol. The van der Waals surface area contributed by atoms with E-state index in [0.29, 0.717) is 0 Å². The van der Waals surface area contributed by atoms with Crippen LogP contribution in [-0.4, -0.2) is 38.6 Å². The van der Waals surface area contributed by atoms with E-state index in [1.807, 2.05) is 0 Å². The molecule has 0 bridgehead atoms. The molecule has 1 atom stereocenters. The molecule has 0 fully saturated rings. The van der Waals surface area contributed by atoms with Gasteiger partial charge in [0.15, 0.2) is 0 Å². The minimum atomic E-state index is -0.699. The predicted octanol–water partition coefficient (Wildman–Crippen LogP) is 1.01. The Kier molecular flexibility index (Phi) is 8.00. The molecule has 6 nitrogen and oxygen atoms in total. The second-order valence-corrected chi connectivity index (χ2v) is 3.12. The van der Waals surface area contributed by atoms with Gasteiger partial charge in [0, 0.05) is 14.0 Å². The topological polar surface area (TPSA) is 71.1 Å². The number of methoxy groups -OCH3 is 1. The molecule has 98 valence electrons. The second kappa shape index (κ2) is 8.72. The van der Waals surface area contributed by atoms with Crippen molar-refractivity contribution in [3.63, 3.8) is 0 Å². The van der Waals surface area contributed by atoms with Crippen LogP contribution in [0, 0.1) is 0 Å². The average Bonchev–Trinajstić information content (AvgIpc) is 2.25. The molecule has 0 aliphatic carbocycles. The normalized spacial score (nSPS) is 13.1. The van der Waals surface area contributed by atoms with E-state index in [9.17, 15) is 9.59 Å². The maximum atomic E-state index is 11.4. The van der Waals surface area contributed by atoms with E-state index in [4.69, 9.17) is 18.9 Å². The zero-order chi connectivity index (χ0) is 13.3. The van der Waals surface area contributed by atoms with Crippen molar-refractivity contribution in [2.45, 2.75) is 26.9 Å². The van der Waals surface area contributed by atoms with Gasteiger partial charge >= 0.3 is 11.9 Å². The fourth-order valence-corrected chi connectivity index (χ4v) is 0.937. The summed E-state index contributed by atoms with van der Waals surface area (Å²) in [6, 6.07) is 0. The van der Waals surface area contributed by atoms with Crippen LogP contribution in [0.1, 0.15) is 20.8 Å². The van der Waals surface area contributed by atoms with Crippen molar-refractivity contribution in [1.82, 2.24) is 0 Å². The first-order valence-electron chi connectivity index (χ1n) is 5.19. The van der Waals surface area contributed by atoms with Crippen LogP contribution in [0.5, 0.6) is 0 Å². The van der Waals surface area contributed by atoms with Crippen LogP contribution < -0.4 is 0 Å². The number of carbonyl (C=O) groups excluding carboxylic acids is 2. The summed E-state index contributed by atoms with van der Waals surface area (Å²) in [5.74, 6) is -1.47. The molecule has 17 heavy (non-hydrogen) atoms. The first-order chi connectivity index (χ1) is 8.01. The van der Waals surface area contributed by atoms with Crippen LogP contribution in [-0.2, 0) is 28.5 Å². The molecule has 1 unspecified atom stereocenters. The van der Waals surface area contributed by atoms with Gasteiger partial charge in [-0.2, -0.15) is 0 Å². The molecule has 0 heterocycles. The van der Waals surface area contributed by atoms with Crippen LogP contribution in [0.4, 0.5) is 0 Å². The first-order valence-corrected chi connectivity index (χ1v) is 5.19. The highest BCUT2D eigenvalue weighted by molar-refractivity contribution is 5.89. The minimum Gasteiger partial charge on any atom is -0.460 e. The Bertz CT molecular complexity index is 284. The van der Waals surface area contributed by atoms with Crippen molar-refractivity contribution in [2.75, 3.05) is 20.5 Å². The zero-order valence-corrected chi connectivity index (χ0v) is 10.5. The molecule has 0 N–H and O–H groups in total. The fourth-order valence-electron chi connectivity index (χ4n) is 0.937. The van der Waals surface area contributed by atoms with E-state index in [1.165, 1.54) is 20.1 Å². The van der Waals surface area contributed by atoms with Crippen LogP contribution >= 0.6 is 0 Å². The molecular weight excluding hydrogens is 228 g/mol. The summed E-state index contributed by atoms with van der Waals surface area (Å²) >= 11 is 0. The maximum Gasteiger partial charge on any atom is 0.374 e. The van der Waals surface area contributed by atoms with Crippen LogP contribution in [0.3, 0.4) is 0 Å². The van der Waals surface area contributed by atoms with Crippen molar-refractivity contribution >= 4 is 11.9 Å². The molecule has 0 saturated heterocycles. The summed E-state index contributed by atoms with van der Waals surface area (Å²) in [4.78, 5) is 22.3. The Balaban J connectivity index is 4.59. The summed E-state index contributed by atoms with van der Waals surface area (Å²) in [7, 11) is 1.48. The van der Waals surface area contributed by atoms with E-state index in [2.05, 4.69) is 0 Å². The molecule has 0 aromatic heterocycles. The molecule has 0 amide bonds. The minimum absolute atomic E-state index is 0.0772. The first kappa shape index (κ1) is 15.6. The SMILES string of the molecule is CCOC(=O)/C(=C/C(C)OCOC)OC(C)=O. The highest BCUT2D eigenvalue weighted by atomic mass is 16.7. The maximum absolute atomic E-state index is 11.4. The summed E-state index contributed by atoms with van der Waals surface area (Å²) in [6.07, 6.45) is 0.923. The number of hydrogen-bond acceptors (Lipinski definition) is 6. The lowest BCUT2D eigenvalue weighted by atomic mass is 10.3. The standard InChI is InChI=1S/C11H18O6/c1-5-15-11(13)10(17-9(3)12)6-8(2)16-7-14-4/h6,8H,5,7H2,1-4H3/b10-6-. The number of ether oxygens (including phenoxy) is 4. The van der Waals surface area contributed by atoms with Crippen molar-refractivity contribution in [3.05, 3.63) is 11.8 Å².